The first-order valence-corrected chi connectivity index (χ1v) is 7.24. The molecule has 0 fully saturated rings. The summed E-state index contributed by atoms with van der Waals surface area (Å²) in [4.78, 5) is 11.2. The maximum Gasteiger partial charge on any atom is 0.159 e. The van der Waals surface area contributed by atoms with Gasteiger partial charge in [-0.05, 0) is 40.5 Å². The van der Waals surface area contributed by atoms with Crippen LogP contribution in [0.5, 0.6) is 5.75 Å². The van der Waals surface area contributed by atoms with Crippen molar-refractivity contribution in [1.29, 1.82) is 0 Å². The lowest BCUT2D eigenvalue weighted by molar-refractivity contribution is 0.112. The van der Waals surface area contributed by atoms with Crippen LogP contribution in [0.3, 0.4) is 0 Å². The van der Waals surface area contributed by atoms with Gasteiger partial charge in [0, 0.05) is 18.8 Å². The minimum atomic E-state index is 0.259. The van der Waals surface area contributed by atoms with Crippen LogP contribution >= 0.6 is 0 Å². The molecule has 6 heteroatoms. The van der Waals surface area contributed by atoms with Crippen molar-refractivity contribution in [1.82, 2.24) is 19.6 Å². The molecular weight excluding hydrogens is 268 g/mol. The van der Waals surface area contributed by atoms with E-state index >= 15 is 0 Å². The minimum absolute atomic E-state index is 0.259. The second kappa shape index (κ2) is 6.11. The van der Waals surface area contributed by atoms with E-state index in [1.54, 1.807) is 11.6 Å². The van der Waals surface area contributed by atoms with E-state index < -0.39 is 0 Å². The van der Waals surface area contributed by atoms with E-state index in [0.717, 1.165) is 42.8 Å². The van der Waals surface area contributed by atoms with Gasteiger partial charge in [0.25, 0.3) is 0 Å². The maximum absolute atomic E-state index is 11.2. The highest BCUT2D eigenvalue weighted by Crippen LogP contribution is 2.20. The van der Waals surface area contributed by atoms with Gasteiger partial charge in [0.2, 0.25) is 0 Å². The van der Waals surface area contributed by atoms with Gasteiger partial charge in [-0.2, -0.15) is 10.2 Å². The Hall–Kier alpha value is -2.11. The van der Waals surface area contributed by atoms with Gasteiger partial charge in [-0.1, -0.05) is 0 Å². The van der Waals surface area contributed by atoms with Gasteiger partial charge in [-0.25, -0.2) is 0 Å². The second-order valence-electron chi connectivity index (χ2n) is 5.23. The molecule has 0 spiro atoms. The zero-order valence-corrected chi connectivity index (χ0v) is 13.1. The van der Waals surface area contributed by atoms with Gasteiger partial charge >= 0.3 is 0 Å². The molecule has 0 unspecified atom stereocenters. The Morgan fingerprint density at radius 3 is 2.38 bits per heavy atom. The summed E-state index contributed by atoms with van der Waals surface area (Å²) < 4.78 is 3.66. The molecule has 0 radical (unpaired) electrons. The average Bonchev–Trinajstić information content (AvgIpc) is 2.91. The summed E-state index contributed by atoms with van der Waals surface area (Å²) in [6.45, 7) is 9.03. The van der Waals surface area contributed by atoms with Crippen LogP contribution in [0, 0.1) is 20.8 Å². The Morgan fingerprint density at radius 1 is 1.14 bits per heavy atom. The summed E-state index contributed by atoms with van der Waals surface area (Å²) in [6, 6.07) is 0. The number of aromatic nitrogens is 4. The van der Waals surface area contributed by atoms with Crippen molar-refractivity contribution in [3.05, 3.63) is 28.3 Å². The Morgan fingerprint density at radius 2 is 1.86 bits per heavy atom. The SMILES string of the molecule is CCn1nc(CCCn2nc(C)c(O)c2C)c(C=O)c1C. The zero-order valence-electron chi connectivity index (χ0n) is 13.1. The van der Waals surface area contributed by atoms with E-state index in [0.29, 0.717) is 17.8 Å². The zero-order chi connectivity index (χ0) is 15.6. The van der Waals surface area contributed by atoms with E-state index in [-0.39, 0.29) is 5.75 Å². The van der Waals surface area contributed by atoms with Crippen molar-refractivity contribution in [3.63, 3.8) is 0 Å². The molecule has 114 valence electrons. The minimum Gasteiger partial charge on any atom is -0.504 e. The summed E-state index contributed by atoms with van der Waals surface area (Å²) in [5.41, 5.74) is 3.89. The lowest BCUT2D eigenvalue weighted by atomic mass is 10.1. The molecule has 0 atom stereocenters. The highest BCUT2D eigenvalue weighted by Gasteiger charge is 2.14. The molecule has 2 aromatic heterocycles. The highest BCUT2D eigenvalue weighted by molar-refractivity contribution is 5.78. The number of hydrogen-bond acceptors (Lipinski definition) is 4. The molecule has 0 aliphatic carbocycles. The number of rotatable bonds is 6. The summed E-state index contributed by atoms with van der Waals surface area (Å²) in [5, 5.41) is 18.5. The van der Waals surface area contributed by atoms with Crippen LogP contribution in [-0.2, 0) is 19.5 Å². The number of aromatic hydroxyl groups is 1. The third-order valence-corrected chi connectivity index (χ3v) is 3.87. The van der Waals surface area contributed by atoms with Gasteiger partial charge in [0.1, 0.15) is 5.69 Å². The Balaban J connectivity index is 2.07. The quantitative estimate of drug-likeness (QED) is 0.828. The van der Waals surface area contributed by atoms with Crippen molar-refractivity contribution in [3.8, 4) is 5.75 Å². The number of carbonyl (C=O) groups excluding carboxylic acids is 1. The molecule has 2 heterocycles. The predicted octanol–water partition coefficient (Wildman–Crippen LogP) is 2.18. The van der Waals surface area contributed by atoms with E-state index in [9.17, 15) is 9.90 Å². The first-order chi connectivity index (χ1) is 9.99. The molecule has 2 rings (SSSR count). The fourth-order valence-electron chi connectivity index (χ4n) is 2.57. The number of aldehydes is 1. The number of hydrogen-bond donors (Lipinski definition) is 1. The van der Waals surface area contributed by atoms with Gasteiger partial charge in [-0.15, -0.1) is 0 Å². The number of carbonyl (C=O) groups is 1. The van der Waals surface area contributed by atoms with Crippen molar-refractivity contribution in [2.75, 3.05) is 0 Å². The van der Waals surface area contributed by atoms with Crippen LogP contribution in [0.25, 0.3) is 0 Å². The molecule has 0 saturated carbocycles. The first kappa shape index (κ1) is 15.3. The normalized spacial score (nSPS) is 11.0. The third kappa shape index (κ3) is 2.84. The lowest BCUT2D eigenvalue weighted by Gasteiger charge is -2.03. The summed E-state index contributed by atoms with van der Waals surface area (Å²) in [6.07, 6.45) is 2.43. The van der Waals surface area contributed by atoms with Crippen molar-refractivity contribution in [2.45, 2.75) is 53.6 Å². The molecule has 1 N–H and O–H groups in total. The monoisotopic (exact) mass is 290 g/mol. The number of aryl methyl sites for hydroxylation is 4. The summed E-state index contributed by atoms with van der Waals surface area (Å²) >= 11 is 0. The molecule has 2 aromatic rings. The molecule has 0 amide bonds. The van der Waals surface area contributed by atoms with E-state index in [1.165, 1.54) is 0 Å². The second-order valence-corrected chi connectivity index (χ2v) is 5.23. The molecule has 0 saturated heterocycles. The van der Waals surface area contributed by atoms with Gasteiger partial charge in [0.05, 0.1) is 17.0 Å². The first-order valence-electron chi connectivity index (χ1n) is 7.24. The summed E-state index contributed by atoms with van der Waals surface area (Å²) in [5.74, 6) is 0.259. The highest BCUT2D eigenvalue weighted by atomic mass is 16.3. The fraction of sp³-hybridized carbons (Fsp3) is 0.533. The van der Waals surface area contributed by atoms with Gasteiger partial charge in [-0.3, -0.25) is 14.2 Å². The predicted molar refractivity (Wildman–Crippen MR) is 79.7 cm³/mol. The maximum atomic E-state index is 11.2. The Bertz CT molecular complexity index is 655. The van der Waals surface area contributed by atoms with Crippen LogP contribution in [-0.4, -0.2) is 31.0 Å². The Labute approximate surface area is 124 Å². The third-order valence-electron chi connectivity index (χ3n) is 3.87. The van der Waals surface area contributed by atoms with E-state index in [2.05, 4.69) is 10.2 Å². The van der Waals surface area contributed by atoms with Gasteiger partial charge in [0.15, 0.2) is 12.0 Å². The van der Waals surface area contributed by atoms with Gasteiger partial charge < -0.3 is 5.11 Å². The van der Waals surface area contributed by atoms with Crippen molar-refractivity contribution < 1.29 is 9.90 Å². The standard InChI is InChI=1S/C15H22N4O2/c1-5-18-11(3)13(9-20)14(17-18)7-6-8-19-12(4)15(21)10(2)16-19/h9,21H,5-8H2,1-4H3. The molecule has 21 heavy (non-hydrogen) atoms. The fourth-order valence-corrected chi connectivity index (χ4v) is 2.57. The smallest absolute Gasteiger partial charge is 0.159 e. The molecule has 0 aliphatic rings. The Kier molecular flexibility index (Phi) is 4.45. The van der Waals surface area contributed by atoms with Crippen LogP contribution in [0.4, 0.5) is 0 Å². The molecular formula is C15H22N4O2. The summed E-state index contributed by atoms with van der Waals surface area (Å²) in [7, 11) is 0. The largest absolute Gasteiger partial charge is 0.504 e. The molecule has 0 aromatic carbocycles. The molecule has 0 bridgehead atoms. The average molecular weight is 290 g/mol. The topological polar surface area (TPSA) is 72.9 Å². The van der Waals surface area contributed by atoms with E-state index in [4.69, 9.17) is 0 Å². The number of nitrogens with zero attached hydrogens (tertiary/aromatic N) is 4. The van der Waals surface area contributed by atoms with E-state index in [1.807, 2.05) is 25.5 Å². The molecule has 6 nitrogen and oxygen atoms in total. The van der Waals surface area contributed by atoms with Crippen molar-refractivity contribution in [2.24, 2.45) is 0 Å². The lowest BCUT2D eigenvalue weighted by Crippen LogP contribution is -2.05. The van der Waals surface area contributed by atoms with Crippen LogP contribution in [0.1, 0.15) is 46.5 Å². The van der Waals surface area contributed by atoms with Crippen LogP contribution in [0.15, 0.2) is 0 Å². The van der Waals surface area contributed by atoms with Crippen molar-refractivity contribution >= 4 is 6.29 Å². The molecule has 0 aliphatic heterocycles. The van der Waals surface area contributed by atoms with Crippen LogP contribution < -0.4 is 0 Å². The van der Waals surface area contributed by atoms with Crippen LogP contribution in [0.2, 0.25) is 0 Å².